The summed E-state index contributed by atoms with van der Waals surface area (Å²) in [6.07, 6.45) is 5.96. The molecule has 0 spiro atoms. The van der Waals surface area contributed by atoms with Crippen LogP contribution in [0.25, 0.3) is 62.0 Å². The lowest BCUT2D eigenvalue weighted by Gasteiger charge is -2.29. The zero-order chi connectivity index (χ0) is 37.7. The van der Waals surface area contributed by atoms with Gasteiger partial charge in [-0.15, -0.1) is 0 Å². The third-order valence-electron chi connectivity index (χ3n) is 10.7. The van der Waals surface area contributed by atoms with Crippen LogP contribution in [0.2, 0.25) is 0 Å². The molecule has 0 amide bonds. The van der Waals surface area contributed by atoms with Crippen molar-refractivity contribution in [3.05, 3.63) is 180 Å². The van der Waals surface area contributed by atoms with Crippen LogP contribution in [0.4, 0.5) is 17.1 Å². The summed E-state index contributed by atoms with van der Waals surface area (Å²) in [6.45, 7) is 16.3. The number of fused-ring (bicyclic) bond motifs is 8. The number of para-hydroxylation sites is 1. The molecule has 1 aliphatic rings. The Bertz CT molecular complexity index is 2740. The van der Waals surface area contributed by atoms with E-state index in [1.807, 2.05) is 6.08 Å². The molecule has 0 saturated heterocycles. The van der Waals surface area contributed by atoms with Gasteiger partial charge in [0.1, 0.15) is 0 Å². The molecule has 0 aliphatic carbocycles. The van der Waals surface area contributed by atoms with Crippen LogP contribution < -0.4 is 4.90 Å². The zero-order valence-electron chi connectivity index (χ0n) is 31.1. The summed E-state index contributed by atoms with van der Waals surface area (Å²) in [5.74, 6) is -0.204. The van der Waals surface area contributed by atoms with Crippen LogP contribution in [-0.4, -0.2) is 12.1 Å². The summed E-state index contributed by atoms with van der Waals surface area (Å²) in [6, 6.07) is 45.1. The minimum atomic E-state index is -0.204. The van der Waals surface area contributed by atoms with Crippen LogP contribution in [-0.2, 0) is 5.41 Å². The third kappa shape index (κ3) is 5.79. The molecule has 0 unspecified atom stereocenters. The summed E-state index contributed by atoms with van der Waals surface area (Å²) in [4.78, 5) is 28.2. The van der Waals surface area contributed by atoms with Crippen molar-refractivity contribution < 1.29 is 9.59 Å². The number of carbonyl (C=O) groups excluding carboxylic acids is 2. The molecule has 7 aromatic rings. The molecular formula is C51H41NO2. The molecule has 0 radical (unpaired) electrons. The molecule has 0 N–H and O–H groups in total. The van der Waals surface area contributed by atoms with E-state index in [0.29, 0.717) is 16.7 Å². The molecule has 0 bridgehead atoms. The topological polar surface area (TPSA) is 37.4 Å². The molecule has 3 nitrogen and oxygen atoms in total. The Morgan fingerprint density at radius 3 is 2.02 bits per heavy atom. The van der Waals surface area contributed by atoms with Crippen LogP contribution in [0, 0.1) is 0 Å². The van der Waals surface area contributed by atoms with Gasteiger partial charge < -0.3 is 4.90 Å². The predicted octanol–water partition coefficient (Wildman–Crippen LogP) is 13.8. The maximum Gasteiger partial charge on any atom is 0.189 e. The van der Waals surface area contributed by atoms with Crippen LogP contribution in [0.1, 0.15) is 70.7 Å². The number of rotatable bonds is 7. The van der Waals surface area contributed by atoms with Gasteiger partial charge in [0.05, 0.1) is 17.1 Å². The highest BCUT2D eigenvalue weighted by Crippen LogP contribution is 2.53. The summed E-state index contributed by atoms with van der Waals surface area (Å²) in [5, 5.41) is 4.58. The lowest BCUT2D eigenvalue weighted by atomic mass is 9.85. The van der Waals surface area contributed by atoms with Gasteiger partial charge in [-0.3, -0.25) is 9.59 Å². The second-order valence-electron chi connectivity index (χ2n) is 15.1. The number of ketones is 1. The maximum absolute atomic E-state index is 13.8. The van der Waals surface area contributed by atoms with Crippen molar-refractivity contribution in [2.24, 2.45) is 0 Å². The molecule has 0 saturated carbocycles. The second-order valence-corrected chi connectivity index (χ2v) is 15.1. The van der Waals surface area contributed by atoms with Crippen molar-refractivity contribution in [1.82, 2.24) is 0 Å². The number of hydrogen-bond donors (Lipinski definition) is 0. The number of allylic oxidation sites excluding steroid dienone is 1. The fourth-order valence-corrected chi connectivity index (χ4v) is 7.87. The highest BCUT2D eigenvalue weighted by atomic mass is 16.1. The summed E-state index contributed by atoms with van der Waals surface area (Å²) in [5.41, 5.74) is 13.0. The summed E-state index contributed by atoms with van der Waals surface area (Å²) in [7, 11) is 0. The van der Waals surface area contributed by atoms with E-state index in [2.05, 4.69) is 154 Å². The van der Waals surface area contributed by atoms with Gasteiger partial charge in [-0.2, -0.15) is 0 Å². The Labute approximate surface area is 317 Å². The molecule has 54 heavy (non-hydrogen) atoms. The van der Waals surface area contributed by atoms with E-state index in [-0.39, 0.29) is 11.2 Å². The van der Waals surface area contributed by atoms with Gasteiger partial charge in [-0.1, -0.05) is 137 Å². The molecule has 1 aliphatic heterocycles. The highest BCUT2D eigenvalue weighted by molar-refractivity contribution is 6.16. The van der Waals surface area contributed by atoms with E-state index in [9.17, 15) is 9.59 Å². The highest BCUT2D eigenvalue weighted by Gasteiger charge is 2.28. The first kappa shape index (κ1) is 34.5. The van der Waals surface area contributed by atoms with Crippen molar-refractivity contribution >= 4 is 68.9 Å². The largest absolute Gasteiger partial charge is 0.309 e. The van der Waals surface area contributed by atoms with Crippen LogP contribution in [0.3, 0.4) is 0 Å². The molecule has 262 valence electrons. The summed E-state index contributed by atoms with van der Waals surface area (Å²) < 4.78 is 0. The number of Topliss-reactive ketones (excluding diaryl/α,β-unsaturated/α-hetero) is 1. The van der Waals surface area contributed by atoms with Crippen molar-refractivity contribution in [3.8, 4) is 22.3 Å². The normalized spacial score (nSPS) is 12.4. The number of carbonyl (C=O) groups is 2. The third-order valence-corrected chi connectivity index (χ3v) is 10.7. The molecule has 0 fully saturated rings. The van der Waals surface area contributed by atoms with Gasteiger partial charge >= 0.3 is 0 Å². The van der Waals surface area contributed by atoms with Crippen LogP contribution in [0.5, 0.6) is 0 Å². The first-order valence-electron chi connectivity index (χ1n) is 18.3. The first-order chi connectivity index (χ1) is 26.1. The van der Waals surface area contributed by atoms with Crippen LogP contribution in [0.15, 0.2) is 146 Å². The predicted molar refractivity (Wildman–Crippen MR) is 229 cm³/mol. The van der Waals surface area contributed by atoms with Crippen LogP contribution >= 0.6 is 0 Å². The van der Waals surface area contributed by atoms with E-state index < -0.39 is 0 Å². The van der Waals surface area contributed by atoms with Gasteiger partial charge in [0.2, 0.25) is 0 Å². The Morgan fingerprint density at radius 2 is 1.28 bits per heavy atom. The van der Waals surface area contributed by atoms with Gasteiger partial charge in [-0.25, -0.2) is 0 Å². The smallest absolute Gasteiger partial charge is 0.189 e. The Kier molecular flexibility index (Phi) is 8.59. The fraction of sp³-hybridized carbons (Fsp3) is 0.0980. The lowest BCUT2D eigenvalue weighted by molar-refractivity contribution is 0.102. The minimum absolute atomic E-state index is 0.0386. The lowest BCUT2D eigenvalue weighted by Crippen LogP contribution is -2.13. The maximum atomic E-state index is 13.8. The van der Waals surface area contributed by atoms with E-state index in [1.165, 1.54) is 33.0 Å². The number of nitrogens with zero attached hydrogens (tertiary/aromatic N) is 1. The SMILES string of the molecule is C=Cc1cc(C=O)c(C(=O)/C(C)=C\c2ccc3c4c(ccc3c2)N(c2cccc3cc(C(C)(C)C)ccc23)c2ccccc2-c2ccccc2-4)cc1C=C. The van der Waals surface area contributed by atoms with Crippen molar-refractivity contribution in [2.45, 2.75) is 33.1 Å². The van der Waals surface area contributed by atoms with Crippen molar-refractivity contribution in [1.29, 1.82) is 0 Å². The first-order valence-corrected chi connectivity index (χ1v) is 18.3. The van der Waals surface area contributed by atoms with E-state index in [0.717, 1.165) is 56.4 Å². The quantitative estimate of drug-likeness (QED) is 0.0944. The van der Waals surface area contributed by atoms with Gasteiger partial charge in [0, 0.05) is 27.6 Å². The van der Waals surface area contributed by atoms with E-state index >= 15 is 0 Å². The average molecular weight is 700 g/mol. The zero-order valence-corrected chi connectivity index (χ0v) is 31.1. The van der Waals surface area contributed by atoms with Crippen molar-refractivity contribution in [3.63, 3.8) is 0 Å². The van der Waals surface area contributed by atoms with Gasteiger partial charge in [0.25, 0.3) is 0 Å². The fourth-order valence-electron chi connectivity index (χ4n) is 7.87. The number of benzene rings is 7. The standard InChI is InChI=1S/C51H41NO2/c1-7-34-28-38(31-53)45(30-35(34)8-2)50(54)32(3)26-33-20-23-41-37(27-33)21-25-48-49(41)44-17-10-9-15-42(44)43-16-11-12-18-47(43)52(48)46-19-13-14-36-29-39(51(4,5)6)22-24-40(36)46/h7-31H,1-2H2,3-6H3/b32-26-. The second kappa shape index (κ2) is 13.4. The Hall–Kier alpha value is -6.58. The van der Waals surface area contributed by atoms with Gasteiger partial charge in [0.15, 0.2) is 12.1 Å². The number of anilines is 3. The molecule has 0 aromatic heterocycles. The Morgan fingerprint density at radius 1 is 0.611 bits per heavy atom. The van der Waals surface area contributed by atoms with Gasteiger partial charge in [-0.05, 0) is 110 Å². The molecule has 3 heteroatoms. The van der Waals surface area contributed by atoms with Crippen molar-refractivity contribution in [2.75, 3.05) is 4.90 Å². The van der Waals surface area contributed by atoms with E-state index in [1.54, 1.807) is 31.2 Å². The molecular weight excluding hydrogens is 659 g/mol. The molecule has 1 heterocycles. The molecule has 8 rings (SSSR count). The molecule has 7 aromatic carbocycles. The number of aldehydes is 1. The Balaban J connectivity index is 1.31. The molecule has 0 atom stereocenters. The monoisotopic (exact) mass is 699 g/mol. The summed E-state index contributed by atoms with van der Waals surface area (Å²) >= 11 is 0. The van der Waals surface area contributed by atoms with E-state index in [4.69, 9.17) is 0 Å². The number of hydrogen-bond acceptors (Lipinski definition) is 3. The average Bonchev–Trinajstić information content (AvgIpc) is 3.31. The minimum Gasteiger partial charge on any atom is -0.309 e.